The van der Waals surface area contributed by atoms with Crippen molar-refractivity contribution in [2.75, 3.05) is 7.11 Å². The molecule has 3 rings (SSSR count). The quantitative estimate of drug-likeness (QED) is 0.663. The average Bonchev–Trinajstić information content (AvgIpc) is 2.95. The number of methoxy groups -OCH3 is 1. The molecule has 0 bridgehead atoms. The highest BCUT2D eigenvalue weighted by Crippen LogP contribution is 2.34. The zero-order valence-corrected chi connectivity index (χ0v) is 10.4. The van der Waals surface area contributed by atoms with Crippen LogP contribution in [-0.2, 0) is 0 Å². The van der Waals surface area contributed by atoms with E-state index in [0.717, 1.165) is 22.1 Å². The number of aldehydes is 1. The minimum atomic E-state index is 0.329. The number of hydrogen-bond donors (Lipinski definition) is 0. The topological polar surface area (TPSA) is 39.4 Å². The Morgan fingerprint density at radius 3 is 2.47 bits per heavy atom. The van der Waals surface area contributed by atoms with E-state index in [1.807, 2.05) is 36.4 Å². The molecular formula is C16H12O3. The Balaban J connectivity index is 2.27. The van der Waals surface area contributed by atoms with Crippen LogP contribution in [0.15, 0.2) is 52.9 Å². The first-order valence-corrected chi connectivity index (χ1v) is 5.94. The van der Waals surface area contributed by atoms with Crippen LogP contribution in [0.1, 0.15) is 10.6 Å². The second-order valence-corrected chi connectivity index (χ2v) is 4.18. The number of carbonyl (C=O) groups excluding carboxylic acids is 1. The zero-order chi connectivity index (χ0) is 13.2. The SMILES string of the molecule is COc1ccc(-c2ccc(C=O)o2)c2ccccc12. The molecule has 3 aromatic rings. The van der Waals surface area contributed by atoms with E-state index in [1.54, 1.807) is 19.2 Å². The van der Waals surface area contributed by atoms with Crippen molar-refractivity contribution in [1.29, 1.82) is 0 Å². The molecule has 0 aliphatic carbocycles. The second-order valence-electron chi connectivity index (χ2n) is 4.18. The van der Waals surface area contributed by atoms with Crippen LogP contribution in [0.3, 0.4) is 0 Å². The fourth-order valence-corrected chi connectivity index (χ4v) is 2.23. The van der Waals surface area contributed by atoms with Gasteiger partial charge < -0.3 is 9.15 Å². The lowest BCUT2D eigenvalue weighted by atomic mass is 10.0. The third-order valence-electron chi connectivity index (χ3n) is 3.11. The molecule has 0 saturated carbocycles. The van der Waals surface area contributed by atoms with Gasteiger partial charge in [0, 0.05) is 10.9 Å². The predicted molar refractivity (Wildman–Crippen MR) is 73.6 cm³/mol. The molecule has 0 radical (unpaired) electrons. The van der Waals surface area contributed by atoms with Gasteiger partial charge >= 0.3 is 0 Å². The summed E-state index contributed by atoms with van der Waals surface area (Å²) in [5.74, 6) is 1.83. The Morgan fingerprint density at radius 1 is 1.00 bits per heavy atom. The molecule has 3 nitrogen and oxygen atoms in total. The van der Waals surface area contributed by atoms with Gasteiger partial charge in [0.2, 0.25) is 0 Å². The highest BCUT2D eigenvalue weighted by Gasteiger charge is 2.10. The minimum Gasteiger partial charge on any atom is -0.496 e. The number of rotatable bonds is 3. The van der Waals surface area contributed by atoms with Gasteiger partial charge in [0.1, 0.15) is 11.5 Å². The molecule has 0 spiro atoms. The normalized spacial score (nSPS) is 10.6. The van der Waals surface area contributed by atoms with Crippen LogP contribution in [0, 0.1) is 0 Å². The highest BCUT2D eigenvalue weighted by atomic mass is 16.5. The van der Waals surface area contributed by atoms with Gasteiger partial charge in [0.15, 0.2) is 12.0 Å². The van der Waals surface area contributed by atoms with Crippen molar-refractivity contribution in [3.63, 3.8) is 0 Å². The summed E-state index contributed by atoms with van der Waals surface area (Å²) in [7, 11) is 1.65. The monoisotopic (exact) mass is 252 g/mol. The van der Waals surface area contributed by atoms with Crippen LogP contribution in [0.25, 0.3) is 22.1 Å². The van der Waals surface area contributed by atoms with Crippen molar-refractivity contribution in [1.82, 2.24) is 0 Å². The fourth-order valence-electron chi connectivity index (χ4n) is 2.23. The molecular weight excluding hydrogens is 240 g/mol. The lowest BCUT2D eigenvalue weighted by Crippen LogP contribution is -1.86. The summed E-state index contributed by atoms with van der Waals surface area (Å²) in [6.07, 6.45) is 0.704. The van der Waals surface area contributed by atoms with E-state index in [4.69, 9.17) is 9.15 Å². The lowest BCUT2D eigenvalue weighted by molar-refractivity contribution is 0.110. The van der Waals surface area contributed by atoms with Crippen LogP contribution in [0.5, 0.6) is 5.75 Å². The van der Waals surface area contributed by atoms with Crippen molar-refractivity contribution in [3.05, 3.63) is 54.3 Å². The smallest absolute Gasteiger partial charge is 0.185 e. The summed E-state index contributed by atoms with van der Waals surface area (Å²) < 4.78 is 10.8. The Kier molecular flexibility index (Phi) is 2.80. The van der Waals surface area contributed by atoms with Gasteiger partial charge in [-0.2, -0.15) is 0 Å². The number of fused-ring (bicyclic) bond motifs is 1. The minimum absolute atomic E-state index is 0.329. The van der Waals surface area contributed by atoms with E-state index in [1.165, 1.54) is 0 Å². The Morgan fingerprint density at radius 2 is 1.79 bits per heavy atom. The van der Waals surface area contributed by atoms with Gasteiger partial charge in [-0.05, 0) is 29.7 Å². The molecule has 0 saturated heterocycles. The Hall–Kier alpha value is -2.55. The van der Waals surface area contributed by atoms with Crippen molar-refractivity contribution in [2.24, 2.45) is 0 Å². The standard InChI is InChI=1S/C16H12O3/c1-18-15-9-7-14(12-4-2-3-5-13(12)15)16-8-6-11(10-17)19-16/h2-10H,1H3. The average molecular weight is 252 g/mol. The molecule has 0 N–H and O–H groups in total. The zero-order valence-electron chi connectivity index (χ0n) is 10.4. The van der Waals surface area contributed by atoms with Crippen molar-refractivity contribution in [2.45, 2.75) is 0 Å². The predicted octanol–water partition coefficient (Wildman–Crippen LogP) is 3.92. The molecule has 19 heavy (non-hydrogen) atoms. The Bertz CT molecular complexity index is 741. The maximum Gasteiger partial charge on any atom is 0.185 e. The number of furan rings is 1. The number of carbonyl (C=O) groups is 1. The third kappa shape index (κ3) is 1.89. The first-order valence-electron chi connectivity index (χ1n) is 5.94. The van der Waals surface area contributed by atoms with Gasteiger partial charge in [0.05, 0.1) is 7.11 Å². The largest absolute Gasteiger partial charge is 0.496 e. The molecule has 2 aromatic carbocycles. The molecule has 0 aliphatic heterocycles. The summed E-state index contributed by atoms with van der Waals surface area (Å²) >= 11 is 0. The summed E-state index contributed by atoms with van der Waals surface area (Å²) in [5.41, 5.74) is 0.949. The van der Waals surface area contributed by atoms with Crippen molar-refractivity contribution < 1.29 is 13.9 Å². The molecule has 94 valence electrons. The van der Waals surface area contributed by atoms with Gasteiger partial charge in [-0.15, -0.1) is 0 Å². The summed E-state index contributed by atoms with van der Waals surface area (Å²) in [6.45, 7) is 0. The van der Waals surface area contributed by atoms with Gasteiger partial charge in [0.25, 0.3) is 0 Å². The van der Waals surface area contributed by atoms with Gasteiger partial charge in [-0.3, -0.25) is 4.79 Å². The van der Waals surface area contributed by atoms with Crippen LogP contribution in [0.4, 0.5) is 0 Å². The van der Waals surface area contributed by atoms with Crippen molar-refractivity contribution >= 4 is 17.1 Å². The summed E-state index contributed by atoms with van der Waals surface area (Å²) in [4.78, 5) is 10.7. The number of hydrogen-bond acceptors (Lipinski definition) is 3. The summed E-state index contributed by atoms with van der Waals surface area (Å²) in [6, 6.07) is 15.3. The first kappa shape index (κ1) is 11.5. The molecule has 0 amide bonds. The van der Waals surface area contributed by atoms with Crippen LogP contribution < -0.4 is 4.74 Å². The van der Waals surface area contributed by atoms with E-state index in [9.17, 15) is 4.79 Å². The van der Waals surface area contributed by atoms with Gasteiger partial charge in [-0.1, -0.05) is 24.3 Å². The molecule has 1 aromatic heterocycles. The second kappa shape index (κ2) is 4.61. The molecule has 0 atom stereocenters. The third-order valence-corrected chi connectivity index (χ3v) is 3.11. The maximum absolute atomic E-state index is 10.7. The first-order chi connectivity index (χ1) is 9.33. The van der Waals surface area contributed by atoms with Crippen molar-refractivity contribution in [3.8, 4) is 17.1 Å². The number of benzene rings is 2. The van der Waals surface area contributed by atoms with E-state index in [0.29, 0.717) is 17.8 Å². The van der Waals surface area contributed by atoms with Crippen LogP contribution >= 0.6 is 0 Å². The molecule has 0 unspecified atom stereocenters. The van der Waals surface area contributed by atoms with E-state index in [2.05, 4.69) is 0 Å². The van der Waals surface area contributed by atoms with E-state index < -0.39 is 0 Å². The van der Waals surface area contributed by atoms with E-state index in [-0.39, 0.29) is 0 Å². The molecule has 3 heteroatoms. The summed E-state index contributed by atoms with van der Waals surface area (Å²) in [5, 5.41) is 2.06. The Labute approximate surface area is 110 Å². The van der Waals surface area contributed by atoms with E-state index >= 15 is 0 Å². The maximum atomic E-state index is 10.7. The lowest BCUT2D eigenvalue weighted by Gasteiger charge is -2.08. The van der Waals surface area contributed by atoms with Crippen LogP contribution in [-0.4, -0.2) is 13.4 Å². The highest BCUT2D eigenvalue weighted by molar-refractivity contribution is 5.99. The molecule has 0 fully saturated rings. The van der Waals surface area contributed by atoms with Gasteiger partial charge in [-0.25, -0.2) is 0 Å². The molecule has 0 aliphatic rings. The number of ether oxygens (including phenoxy) is 1. The molecule has 1 heterocycles. The van der Waals surface area contributed by atoms with Crippen LogP contribution in [0.2, 0.25) is 0 Å². The fraction of sp³-hybridized carbons (Fsp3) is 0.0625.